The second-order valence-corrected chi connectivity index (χ2v) is 10.7. The van der Waals surface area contributed by atoms with Gasteiger partial charge in [-0.2, -0.15) is 0 Å². The van der Waals surface area contributed by atoms with Crippen molar-refractivity contribution in [3.63, 3.8) is 0 Å². The van der Waals surface area contributed by atoms with Gasteiger partial charge in [-0.05, 0) is 85.0 Å². The average molecular weight is 616 g/mol. The van der Waals surface area contributed by atoms with Gasteiger partial charge in [-0.25, -0.2) is 0 Å². The van der Waals surface area contributed by atoms with Crippen LogP contribution in [0.1, 0.15) is 23.5 Å². The lowest BCUT2D eigenvalue weighted by Gasteiger charge is -2.26. The summed E-state index contributed by atoms with van der Waals surface area (Å²) in [4.78, 5) is 19.0. The fourth-order valence-electron chi connectivity index (χ4n) is 4.84. The predicted molar refractivity (Wildman–Crippen MR) is 169 cm³/mol. The number of nitrogens with zero attached hydrogens (tertiary/aromatic N) is 2. The van der Waals surface area contributed by atoms with E-state index in [9.17, 15) is 4.79 Å². The van der Waals surface area contributed by atoms with Crippen LogP contribution in [-0.2, 0) is 4.79 Å². The number of hydrogen-bond acceptors (Lipinski definition) is 5. The molecule has 1 fully saturated rings. The molecule has 3 aromatic carbocycles. The van der Waals surface area contributed by atoms with Crippen molar-refractivity contribution in [1.29, 1.82) is 0 Å². The molecule has 6 rings (SSSR count). The Morgan fingerprint density at radius 3 is 2.50 bits per heavy atom. The van der Waals surface area contributed by atoms with Gasteiger partial charge in [-0.1, -0.05) is 53.5 Å². The fourth-order valence-corrected chi connectivity index (χ4v) is 5.58. The van der Waals surface area contributed by atoms with Crippen molar-refractivity contribution in [2.24, 2.45) is 0 Å². The molecule has 5 aromatic rings. The Bertz CT molecular complexity index is 1720. The molecule has 7 nitrogen and oxygen atoms in total. The molecule has 42 heavy (non-hydrogen) atoms. The second kappa shape index (κ2) is 12.2. The number of carbonyl (C=O) groups is 1. The Labute approximate surface area is 258 Å². The summed E-state index contributed by atoms with van der Waals surface area (Å²) in [5.41, 5.74) is 2.95. The number of aromatic nitrogens is 1. The number of thiocarbonyl (C=S) groups is 1. The van der Waals surface area contributed by atoms with Gasteiger partial charge in [0.05, 0.1) is 21.8 Å². The molecule has 1 amide bonds. The molecule has 2 atom stereocenters. The zero-order valence-corrected chi connectivity index (χ0v) is 24.4. The number of anilines is 2. The topological polar surface area (TPSA) is 79.6 Å². The van der Waals surface area contributed by atoms with Crippen molar-refractivity contribution in [2.75, 3.05) is 16.8 Å². The maximum absolute atomic E-state index is 12.5. The van der Waals surface area contributed by atoms with E-state index in [0.717, 1.165) is 11.4 Å². The molecule has 2 aromatic heterocycles. The second-order valence-electron chi connectivity index (χ2n) is 9.50. The smallest absolute Gasteiger partial charge is 0.262 e. The van der Waals surface area contributed by atoms with Crippen molar-refractivity contribution >= 4 is 57.8 Å². The largest absolute Gasteiger partial charge is 0.484 e. The number of benzene rings is 3. The van der Waals surface area contributed by atoms with Crippen LogP contribution in [0, 0.1) is 0 Å². The van der Waals surface area contributed by atoms with Crippen molar-refractivity contribution in [3.05, 3.63) is 131 Å². The fraction of sp³-hybridized carbons (Fsp3) is 0.0938. The molecule has 1 aliphatic heterocycles. The molecule has 210 valence electrons. The Morgan fingerprint density at radius 1 is 0.952 bits per heavy atom. The minimum atomic E-state index is -0.362. The van der Waals surface area contributed by atoms with Crippen LogP contribution in [0.15, 0.2) is 114 Å². The highest BCUT2D eigenvalue weighted by Gasteiger charge is 2.42. The van der Waals surface area contributed by atoms with Crippen LogP contribution < -0.4 is 20.3 Å². The van der Waals surface area contributed by atoms with Crippen LogP contribution in [0.4, 0.5) is 11.4 Å². The molecule has 0 saturated carbocycles. The third-order valence-corrected chi connectivity index (χ3v) is 7.91. The summed E-state index contributed by atoms with van der Waals surface area (Å²) in [6, 6.07) is 30.9. The van der Waals surface area contributed by atoms with E-state index in [0.29, 0.717) is 43.7 Å². The van der Waals surface area contributed by atoms with Crippen LogP contribution in [0.25, 0.3) is 11.3 Å². The first-order chi connectivity index (χ1) is 20.5. The van der Waals surface area contributed by atoms with Crippen molar-refractivity contribution in [3.8, 4) is 17.1 Å². The number of carbonyl (C=O) groups excluding carboxylic acids is 1. The van der Waals surface area contributed by atoms with E-state index in [4.69, 9.17) is 44.6 Å². The van der Waals surface area contributed by atoms with Gasteiger partial charge < -0.3 is 24.7 Å². The third-order valence-electron chi connectivity index (χ3n) is 6.78. The lowest BCUT2D eigenvalue weighted by atomic mass is 10.0. The van der Waals surface area contributed by atoms with E-state index >= 15 is 0 Å². The van der Waals surface area contributed by atoms with E-state index in [1.54, 1.807) is 24.4 Å². The molecule has 2 N–H and O–H groups in total. The number of amides is 1. The predicted octanol–water partition coefficient (Wildman–Crippen LogP) is 7.84. The monoisotopic (exact) mass is 614 g/mol. The molecule has 10 heteroatoms. The summed E-state index contributed by atoms with van der Waals surface area (Å²) in [6.07, 6.45) is 1.75. The molecule has 0 spiro atoms. The highest BCUT2D eigenvalue weighted by Crippen LogP contribution is 2.44. The number of halogens is 2. The van der Waals surface area contributed by atoms with Gasteiger partial charge in [-0.3, -0.25) is 9.78 Å². The van der Waals surface area contributed by atoms with Gasteiger partial charge in [0, 0.05) is 23.1 Å². The minimum absolute atomic E-state index is 0.100. The number of ether oxygens (including phenoxy) is 1. The van der Waals surface area contributed by atoms with E-state index < -0.39 is 0 Å². The highest BCUT2D eigenvalue weighted by molar-refractivity contribution is 7.80. The molecule has 0 radical (unpaired) electrons. The number of hydrogen-bond donors (Lipinski definition) is 2. The van der Waals surface area contributed by atoms with Crippen molar-refractivity contribution < 1.29 is 13.9 Å². The van der Waals surface area contributed by atoms with Gasteiger partial charge in [0.1, 0.15) is 23.3 Å². The maximum atomic E-state index is 12.5. The molecule has 1 aliphatic rings. The van der Waals surface area contributed by atoms with Crippen LogP contribution in [-0.4, -0.2) is 22.6 Å². The number of para-hydroxylation sites is 1. The van der Waals surface area contributed by atoms with E-state index in [1.807, 2.05) is 89.8 Å². The first-order valence-corrected chi connectivity index (χ1v) is 14.3. The molecule has 0 unspecified atom stereocenters. The Balaban J connectivity index is 1.27. The van der Waals surface area contributed by atoms with Gasteiger partial charge >= 0.3 is 0 Å². The minimum Gasteiger partial charge on any atom is -0.484 e. The molecule has 1 saturated heterocycles. The van der Waals surface area contributed by atoms with Gasteiger partial charge in [0.15, 0.2) is 11.7 Å². The van der Waals surface area contributed by atoms with Crippen LogP contribution >= 0.6 is 35.4 Å². The number of pyridine rings is 1. The summed E-state index contributed by atoms with van der Waals surface area (Å²) >= 11 is 18.6. The highest BCUT2D eigenvalue weighted by atomic mass is 35.5. The molecular formula is C32H24Cl2N4O3S. The number of nitrogens with one attached hydrogen (secondary N) is 2. The molecule has 0 aliphatic carbocycles. The maximum Gasteiger partial charge on any atom is 0.262 e. The van der Waals surface area contributed by atoms with E-state index in [-0.39, 0.29) is 24.6 Å². The SMILES string of the molecule is O=C(COc1ccccc1)Nc1ccc(N2C(=S)N[C@H](c3ccccn3)[C@@H]2c2ccc(-c3cccc(Cl)c3Cl)o2)cc1. The first kappa shape index (κ1) is 27.8. The zero-order chi connectivity index (χ0) is 29.1. The summed E-state index contributed by atoms with van der Waals surface area (Å²) < 4.78 is 11.9. The summed E-state index contributed by atoms with van der Waals surface area (Å²) in [6.45, 7) is -0.100. The molecule has 3 heterocycles. The van der Waals surface area contributed by atoms with E-state index in [1.165, 1.54) is 0 Å². The lowest BCUT2D eigenvalue weighted by Crippen LogP contribution is -2.29. The first-order valence-electron chi connectivity index (χ1n) is 13.1. The quantitative estimate of drug-likeness (QED) is 0.172. The van der Waals surface area contributed by atoms with Gasteiger partial charge in [0.25, 0.3) is 5.91 Å². The Kier molecular flexibility index (Phi) is 8.10. The summed E-state index contributed by atoms with van der Waals surface area (Å²) in [7, 11) is 0. The van der Waals surface area contributed by atoms with Crippen molar-refractivity contribution in [1.82, 2.24) is 10.3 Å². The van der Waals surface area contributed by atoms with Crippen LogP contribution in [0.5, 0.6) is 5.75 Å². The lowest BCUT2D eigenvalue weighted by molar-refractivity contribution is -0.118. The van der Waals surface area contributed by atoms with E-state index in [2.05, 4.69) is 15.6 Å². The molecule has 0 bridgehead atoms. The normalized spacial score (nSPS) is 16.2. The third kappa shape index (κ3) is 5.83. The zero-order valence-electron chi connectivity index (χ0n) is 22.0. The van der Waals surface area contributed by atoms with Crippen LogP contribution in [0.3, 0.4) is 0 Å². The molecular weight excluding hydrogens is 591 g/mol. The summed E-state index contributed by atoms with van der Waals surface area (Å²) in [5.74, 6) is 1.62. The van der Waals surface area contributed by atoms with Crippen LogP contribution in [0.2, 0.25) is 10.0 Å². The van der Waals surface area contributed by atoms with Gasteiger partial charge in [0.2, 0.25) is 0 Å². The number of furan rings is 1. The standard InChI is InChI=1S/C32H24Cl2N4O3S/c33-24-10-6-9-23(29(24)34)26-16-17-27(41-26)31-30(25-11-4-5-18-35-25)37-32(42)38(31)21-14-12-20(13-15-21)36-28(39)19-40-22-7-2-1-3-8-22/h1-18,30-31H,19H2,(H,36,39)(H,37,42)/t30-,31+/m1/s1. The van der Waals surface area contributed by atoms with Gasteiger partial charge in [-0.15, -0.1) is 0 Å². The Hall–Kier alpha value is -4.37. The van der Waals surface area contributed by atoms with Crippen molar-refractivity contribution in [2.45, 2.75) is 12.1 Å². The number of rotatable bonds is 8. The summed E-state index contributed by atoms with van der Waals surface area (Å²) in [5, 5.41) is 7.67. The Morgan fingerprint density at radius 2 is 1.74 bits per heavy atom. The average Bonchev–Trinajstić information content (AvgIpc) is 3.63.